The first-order valence-electron chi connectivity index (χ1n) is 10.6. The van der Waals surface area contributed by atoms with E-state index in [1.807, 2.05) is 23.1 Å². The van der Waals surface area contributed by atoms with Crippen LogP contribution < -0.4 is 0 Å². The van der Waals surface area contributed by atoms with Crippen molar-refractivity contribution in [3.8, 4) is 5.69 Å². The van der Waals surface area contributed by atoms with E-state index in [-0.39, 0.29) is 18.0 Å². The summed E-state index contributed by atoms with van der Waals surface area (Å²) in [7, 11) is 0. The summed E-state index contributed by atoms with van der Waals surface area (Å²) in [6.45, 7) is 11.3. The van der Waals surface area contributed by atoms with Crippen molar-refractivity contribution in [2.45, 2.75) is 70.7 Å². The molecule has 0 aliphatic carbocycles. The molecule has 2 aromatic rings. The maximum atomic E-state index is 12.8. The van der Waals surface area contributed by atoms with E-state index in [0.29, 0.717) is 5.75 Å². The van der Waals surface area contributed by atoms with Crippen LogP contribution in [0.25, 0.3) is 5.69 Å². The van der Waals surface area contributed by atoms with Crippen LogP contribution in [0.15, 0.2) is 35.5 Å². The van der Waals surface area contributed by atoms with E-state index >= 15 is 0 Å². The zero-order valence-corrected chi connectivity index (χ0v) is 18.9. The second-order valence-electron chi connectivity index (χ2n) is 8.18. The number of likely N-dealkylation sites (tertiary alicyclic amines) is 1. The average molecular weight is 416 g/mol. The minimum Gasteiger partial charge on any atom is -0.337 e. The molecule has 1 aromatic heterocycles. The summed E-state index contributed by atoms with van der Waals surface area (Å²) in [6.07, 6.45) is 3.80. The van der Waals surface area contributed by atoms with Gasteiger partial charge in [-0.3, -0.25) is 14.3 Å². The van der Waals surface area contributed by atoms with Gasteiger partial charge in [-0.05, 0) is 65.8 Å². The van der Waals surface area contributed by atoms with Gasteiger partial charge in [0.2, 0.25) is 5.91 Å². The van der Waals surface area contributed by atoms with E-state index < -0.39 is 0 Å². The van der Waals surface area contributed by atoms with Gasteiger partial charge in [0, 0.05) is 17.8 Å². The minimum absolute atomic E-state index is 0.139. The van der Waals surface area contributed by atoms with E-state index in [1.54, 1.807) is 0 Å². The molecule has 29 heavy (non-hydrogen) atoms. The summed E-state index contributed by atoms with van der Waals surface area (Å²) in [5.41, 5.74) is 1.05. The molecule has 0 atom stereocenters. The van der Waals surface area contributed by atoms with Crippen LogP contribution >= 0.6 is 11.8 Å². The number of piperidine rings is 1. The zero-order valence-electron chi connectivity index (χ0n) is 18.0. The third kappa shape index (κ3) is 5.60. The Bertz CT molecular complexity index is 776. The number of aromatic nitrogens is 3. The van der Waals surface area contributed by atoms with Gasteiger partial charge in [-0.1, -0.05) is 36.4 Å². The summed E-state index contributed by atoms with van der Waals surface area (Å²) in [4.78, 5) is 17.2. The monoisotopic (exact) mass is 415 g/mol. The van der Waals surface area contributed by atoms with E-state index in [9.17, 15) is 4.79 Å². The Balaban J connectivity index is 1.80. The van der Waals surface area contributed by atoms with Crippen LogP contribution in [0.3, 0.4) is 0 Å². The molecule has 7 heteroatoms. The lowest BCUT2D eigenvalue weighted by molar-refractivity contribution is -0.131. The number of para-hydroxylation sites is 1. The zero-order chi connectivity index (χ0) is 20.8. The van der Waals surface area contributed by atoms with Crippen LogP contribution in [0.1, 0.15) is 52.8 Å². The molecule has 1 saturated heterocycles. The number of carbonyl (C=O) groups is 1. The molecule has 2 heterocycles. The topological polar surface area (TPSA) is 54.3 Å². The standard InChI is InChI=1S/C22H33N5OS/c1-17(2)26(18(3)4)21(28)16-29-22-24-23-20(15-25-13-9-6-10-14-25)27(22)19-11-7-5-8-12-19/h5,7-8,11-12,17-18H,6,9-10,13-16H2,1-4H3. The Kier molecular flexibility index (Phi) is 7.72. The van der Waals surface area contributed by atoms with E-state index in [1.165, 1.54) is 31.0 Å². The predicted octanol–water partition coefficient (Wildman–Crippen LogP) is 3.99. The molecule has 3 rings (SSSR count). The molecule has 0 spiro atoms. The van der Waals surface area contributed by atoms with Crippen molar-refractivity contribution < 1.29 is 4.79 Å². The van der Waals surface area contributed by atoms with Crippen molar-refractivity contribution >= 4 is 17.7 Å². The lowest BCUT2D eigenvalue weighted by atomic mass is 10.1. The van der Waals surface area contributed by atoms with Crippen molar-refractivity contribution in [2.75, 3.05) is 18.8 Å². The normalized spacial score (nSPS) is 15.2. The number of nitrogens with zero attached hydrogens (tertiary/aromatic N) is 5. The smallest absolute Gasteiger partial charge is 0.233 e. The Morgan fingerprint density at radius 3 is 2.31 bits per heavy atom. The number of hydrogen-bond donors (Lipinski definition) is 0. The van der Waals surface area contributed by atoms with Gasteiger partial charge in [-0.2, -0.15) is 0 Å². The molecule has 1 aliphatic rings. The largest absolute Gasteiger partial charge is 0.337 e. The first-order chi connectivity index (χ1) is 14.0. The second-order valence-corrected chi connectivity index (χ2v) is 9.13. The number of hydrogen-bond acceptors (Lipinski definition) is 5. The van der Waals surface area contributed by atoms with Crippen molar-refractivity contribution in [2.24, 2.45) is 0 Å². The van der Waals surface area contributed by atoms with E-state index in [2.05, 4.69) is 59.5 Å². The fraction of sp³-hybridized carbons (Fsp3) is 0.591. The number of amides is 1. The summed E-state index contributed by atoms with van der Waals surface area (Å²) in [6, 6.07) is 10.6. The highest BCUT2D eigenvalue weighted by Gasteiger charge is 2.23. The molecule has 0 saturated carbocycles. The highest BCUT2D eigenvalue weighted by molar-refractivity contribution is 7.99. The molecule has 1 aliphatic heterocycles. The molecular formula is C22H33N5OS. The molecule has 1 amide bonds. The maximum Gasteiger partial charge on any atom is 0.233 e. The second kappa shape index (κ2) is 10.3. The van der Waals surface area contributed by atoms with Crippen LogP contribution in [-0.4, -0.2) is 61.4 Å². The van der Waals surface area contributed by atoms with Gasteiger partial charge in [-0.15, -0.1) is 10.2 Å². The van der Waals surface area contributed by atoms with Crippen LogP contribution in [0.5, 0.6) is 0 Å². The summed E-state index contributed by atoms with van der Waals surface area (Å²) >= 11 is 1.48. The average Bonchev–Trinajstić information content (AvgIpc) is 3.09. The van der Waals surface area contributed by atoms with Crippen LogP contribution in [0.4, 0.5) is 0 Å². The summed E-state index contributed by atoms with van der Waals surface area (Å²) in [5, 5.41) is 9.74. The van der Waals surface area contributed by atoms with Crippen molar-refractivity contribution in [1.29, 1.82) is 0 Å². The van der Waals surface area contributed by atoms with Gasteiger partial charge < -0.3 is 4.90 Å². The van der Waals surface area contributed by atoms with E-state index in [0.717, 1.165) is 36.3 Å². The quantitative estimate of drug-likeness (QED) is 0.610. The molecule has 6 nitrogen and oxygen atoms in total. The highest BCUT2D eigenvalue weighted by atomic mass is 32.2. The van der Waals surface area contributed by atoms with Gasteiger partial charge >= 0.3 is 0 Å². The number of thioether (sulfide) groups is 1. The first kappa shape index (κ1) is 21.8. The Morgan fingerprint density at radius 1 is 1.03 bits per heavy atom. The van der Waals surface area contributed by atoms with Crippen LogP contribution in [-0.2, 0) is 11.3 Å². The van der Waals surface area contributed by atoms with Gasteiger partial charge in [-0.25, -0.2) is 0 Å². The van der Waals surface area contributed by atoms with Gasteiger partial charge in [0.25, 0.3) is 0 Å². The number of benzene rings is 1. The molecule has 0 N–H and O–H groups in total. The van der Waals surface area contributed by atoms with Crippen molar-refractivity contribution in [3.05, 3.63) is 36.2 Å². The van der Waals surface area contributed by atoms with E-state index in [4.69, 9.17) is 0 Å². The number of carbonyl (C=O) groups excluding carboxylic acids is 1. The Hall–Kier alpha value is -1.86. The molecule has 158 valence electrons. The maximum absolute atomic E-state index is 12.8. The molecule has 0 radical (unpaired) electrons. The number of rotatable bonds is 8. The molecule has 1 aromatic carbocycles. The lowest BCUT2D eigenvalue weighted by Gasteiger charge is -2.30. The van der Waals surface area contributed by atoms with Crippen molar-refractivity contribution in [3.63, 3.8) is 0 Å². The van der Waals surface area contributed by atoms with Gasteiger partial charge in [0.15, 0.2) is 11.0 Å². The first-order valence-corrected chi connectivity index (χ1v) is 11.6. The summed E-state index contributed by atoms with van der Waals surface area (Å²) in [5.74, 6) is 1.45. The van der Waals surface area contributed by atoms with Crippen LogP contribution in [0, 0.1) is 0 Å². The molecule has 0 unspecified atom stereocenters. The highest BCUT2D eigenvalue weighted by Crippen LogP contribution is 2.24. The predicted molar refractivity (Wildman–Crippen MR) is 118 cm³/mol. The van der Waals surface area contributed by atoms with Gasteiger partial charge in [0.1, 0.15) is 0 Å². The molecule has 1 fully saturated rings. The fourth-order valence-electron chi connectivity index (χ4n) is 4.02. The summed E-state index contributed by atoms with van der Waals surface area (Å²) < 4.78 is 2.11. The van der Waals surface area contributed by atoms with Gasteiger partial charge in [0.05, 0.1) is 12.3 Å². The Labute approximate surface area is 178 Å². The molecule has 0 bridgehead atoms. The third-order valence-electron chi connectivity index (χ3n) is 5.25. The third-order valence-corrected chi connectivity index (χ3v) is 6.17. The SMILES string of the molecule is CC(C)N(C(=O)CSc1nnc(CN2CCCCC2)n1-c1ccccc1)C(C)C. The fourth-order valence-corrected chi connectivity index (χ4v) is 4.86. The molecular weight excluding hydrogens is 382 g/mol. The van der Waals surface area contributed by atoms with Crippen molar-refractivity contribution in [1.82, 2.24) is 24.6 Å². The van der Waals surface area contributed by atoms with Crippen LogP contribution in [0.2, 0.25) is 0 Å². The Morgan fingerprint density at radius 2 is 1.69 bits per heavy atom. The minimum atomic E-state index is 0.139. The lowest BCUT2D eigenvalue weighted by Crippen LogP contribution is -2.43.